The number of ether oxygens (including phenoxy) is 2. The molecule has 1 saturated heterocycles. The summed E-state index contributed by atoms with van der Waals surface area (Å²) in [6.07, 6.45) is -4.54. The summed E-state index contributed by atoms with van der Waals surface area (Å²) in [5.74, 6) is 1.07. The van der Waals surface area contributed by atoms with Crippen LogP contribution < -0.4 is 14.4 Å². The number of piperazine rings is 1. The molecule has 1 aliphatic heterocycles. The van der Waals surface area contributed by atoms with Crippen molar-refractivity contribution < 1.29 is 27.4 Å². The van der Waals surface area contributed by atoms with Gasteiger partial charge in [-0.2, -0.15) is 13.2 Å². The lowest BCUT2D eigenvalue weighted by Crippen LogP contribution is -2.49. The van der Waals surface area contributed by atoms with Crippen LogP contribution in [0.2, 0.25) is 0 Å². The third-order valence-electron chi connectivity index (χ3n) is 4.60. The first-order valence-electron chi connectivity index (χ1n) is 8.91. The molecule has 2 aromatic rings. The summed E-state index contributed by atoms with van der Waals surface area (Å²) in [5, 5.41) is 0. The minimum Gasteiger partial charge on any atom is -0.497 e. The lowest BCUT2D eigenvalue weighted by Gasteiger charge is -2.35. The van der Waals surface area contributed by atoms with Crippen LogP contribution in [0.3, 0.4) is 0 Å². The first-order valence-corrected chi connectivity index (χ1v) is 8.91. The van der Waals surface area contributed by atoms with Gasteiger partial charge in [-0.05, 0) is 19.1 Å². The number of anilines is 1. The summed E-state index contributed by atoms with van der Waals surface area (Å²) in [6, 6.07) is 5.86. The number of carbonyl (C=O) groups excluding carboxylic acids is 1. The molecule has 0 N–H and O–H groups in total. The van der Waals surface area contributed by atoms with Gasteiger partial charge in [-0.25, -0.2) is 9.97 Å². The van der Waals surface area contributed by atoms with Crippen LogP contribution in [-0.2, 0) is 6.18 Å². The second-order valence-electron chi connectivity index (χ2n) is 6.54. The van der Waals surface area contributed by atoms with Gasteiger partial charge in [-0.3, -0.25) is 4.79 Å². The number of amides is 1. The smallest absolute Gasteiger partial charge is 0.433 e. The molecule has 29 heavy (non-hydrogen) atoms. The molecule has 1 aliphatic rings. The minimum atomic E-state index is -4.54. The Morgan fingerprint density at radius 1 is 0.966 bits per heavy atom. The predicted octanol–water partition coefficient (Wildman–Crippen LogP) is 2.78. The van der Waals surface area contributed by atoms with Crippen LogP contribution in [0.4, 0.5) is 19.0 Å². The molecule has 1 aromatic heterocycles. The van der Waals surface area contributed by atoms with Crippen molar-refractivity contribution in [3.8, 4) is 11.5 Å². The fourth-order valence-electron chi connectivity index (χ4n) is 3.11. The van der Waals surface area contributed by atoms with Crippen LogP contribution in [0.25, 0.3) is 0 Å². The first-order chi connectivity index (χ1) is 13.7. The molecule has 0 atom stereocenters. The maximum absolute atomic E-state index is 13.0. The highest BCUT2D eigenvalue weighted by Gasteiger charge is 2.34. The quantitative estimate of drug-likeness (QED) is 0.772. The standard InChI is InChI=1S/C19H21F3N4O3/c1-12-23-16(19(20,21)22)11-17(24-12)25-4-6-26(7-5-25)18(27)13-8-14(28-2)10-15(9-13)29-3/h8-11H,4-7H2,1-3H3. The highest BCUT2D eigenvalue weighted by atomic mass is 19.4. The zero-order chi connectivity index (χ0) is 21.2. The normalized spacial score (nSPS) is 14.7. The molecule has 1 fully saturated rings. The van der Waals surface area contributed by atoms with E-state index in [-0.39, 0.29) is 17.5 Å². The number of aryl methyl sites for hydroxylation is 1. The number of benzene rings is 1. The number of nitrogens with zero attached hydrogens (tertiary/aromatic N) is 4. The maximum atomic E-state index is 13.0. The SMILES string of the molecule is COc1cc(OC)cc(C(=O)N2CCN(c3cc(C(F)(F)F)nc(C)n3)CC2)c1. The van der Waals surface area contributed by atoms with Gasteiger partial charge in [-0.15, -0.1) is 0 Å². The summed E-state index contributed by atoms with van der Waals surface area (Å²) < 4.78 is 49.4. The first kappa shape index (κ1) is 20.7. The van der Waals surface area contributed by atoms with E-state index >= 15 is 0 Å². The topological polar surface area (TPSA) is 67.8 Å². The Bertz CT molecular complexity index is 875. The molecular formula is C19H21F3N4O3. The van der Waals surface area contributed by atoms with Crippen LogP contribution in [0.15, 0.2) is 24.3 Å². The predicted molar refractivity (Wildman–Crippen MR) is 99.4 cm³/mol. The Morgan fingerprint density at radius 2 is 1.55 bits per heavy atom. The molecule has 0 spiro atoms. The Morgan fingerprint density at radius 3 is 2.07 bits per heavy atom. The van der Waals surface area contributed by atoms with E-state index in [0.29, 0.717) is 43.2 Å². The molecule has 0 aliphatic carbocycles. The molecule has 2 heterocycles. The summed E-state index contributed by atoms with van der Waals surface area (Å²) in [5.41, 5.74) is -0.547. The fraction of sp³-hybridized carbons (Fsp3) is 0.421. The zero-order valence-corrected chi connectivity index (χ0v) is 16.3. The van der Waals surface area contributed by atoms with Gasteiger partial charge in [-0.1, -0.05) is 0 Å². The van der Waals surface area contributed by atoms with E-state index in [4.69, 9.17) is 9.47 Å². The van der Waals surface area contributed by atoms with Gasteiger partial charge in [0.05, 0.1) is 14.2 Å². The van der Waals surface area contributed by atoms with Gasteiger partial charge in [0.15, 0.2) is 0 Å². The van der Waals surface area contributed by atoms with Crippen LogP contribution in [-0.4, -0.2) is 61.2 Å². The second kappa shape index (κ2) is 8.14. The Kier molecular flexibility index (Phi) is 5.81. The molecule has 0 saturated carbocycles. The molecular weight excluding hydrogens is 389 g/mol. The third-order valence-corrected chi connectivity index (χ3v) is 4.60. The average Bonchev–Trinajstić information content (AvgIpc) is 2.71. The monoisotopic (exact) mass is 410 g/mol. The molecule has 10 heteroatoms. The summed E-state index contributed by atoms with van der Waals surface area (Å²) >= 11 is 0. The van der Waals surface area contributed by atoms with Crippen LogP contribution in [0.5, 0.6) is 11.5 Å². The van der Waals surface area contributed by atoms with Gasteiger partial charge >= 0.3 is 6.18 Å². The molecule has 3 rings (SSSR count). The van der Waals surface area contributed by atoms with E-state index in [1.165, 1.54) is 21.1 Å². The molecule has 1 aromatic carbocycles. The number of aromatic nitrogens is 2. The van der Waals surface area contributed by atoms with Gasteiger partial charge < -0.3 is 19.3 Å². The highest BCUT2D eigenvalue weighted by molar-refractivity contribution is 5.95. The van der Waals surface area contributed by atoms with Crippen LogP contribution >= 0.6 is 0 Å². The van der Waals surface area contributed by atoms with Gasteiger partial charge in [0.2, 0.25) is 0 Å². The van der Waals surface area contributed by atoms with Crippen LogP contribution in [0.1, 0.15) is 21.9 Å². The molecule has 156 valence electrons. The fourth-order valence-corrected chi connectivity index (χ4v) is 3.11. The number of halogens is 3. The van der Waals surface area contributed by atoms with Crippen molar-refractivity contribution in [2.45, 2.75) is 13.1 Å². The maximum Gasteiger partial charge on any atom is 0.433 e. The van der Waals surface area contributed by atoms with Crippen molar-refractivity contribution in [1.29, 1.82) is 0 Å². The lowest BCUT2D eigenvalue weighted by molar-refractivity contribution is -0.141. The van der Waals surface area contributed by atoms with Gasteiger partial charge in [0.25, 0.3) is 5.91 Å². The van der Waals surface area contributed by atoms with Crippen molar-refractivity contribution in [3.05, 3.63) is 41.3 Å². The van der Waals surface area contributed by atoms with E-state index in [2.05, 4.69) is 9.97 Å². The average molecular weight is 410 g/mol. The van der Waals surface area contributed by atoms with Crippen molar-refractivity contribution in [2.24, 2.45) is 0 Å². The number of rotatable bonds is 4. The molecule has 0 unspecified atom stereocenters. The summed E-state index contributed by atoms with van der Waals surface area (Å²) in [4.78, 5) is 23.8. The minimum absolute atomic E-state index is 0.0526. The highest BCUT2D eigenvalue weighted by Crippen LogP contribution is 2.30. The molecule has 0 bridgehead atoms. The van der Waals surface area contributed by atoms with Gasteiger partial charge in [0.1, 0.15) is 28.8 Å². The zero-order valence-electron chi connectivity index (χ0n) is 16.3. The number of methoxy groups -OCH3 is 2. The van der Waals surface area contributed by atoms with E-state index in [0.717, 1.165) is 6.07 Å². The van der Waals surface area contributed by atoms with E-state index in [1.807, 2.05) is 0 Å². The number of carbonyl (C=O) groups is 1. The second-order valence-corrected chi connectivity index (χ2v) is 6.54. The van der Waals surface area contributed by atoms with Gasteiger partial charge in [0, 0.05) is 43.9 Å². The van der Waals surface area contributed by atoms with E-state index in [1.54, 1.807) is 28.0 Å². The largest absolute Gasteiger partial charge is 0.497 e. The summed E-state index contributed by atoms with van der Waals surface area (Å²) in [6.45, 7) is 2.85. The Labute approximate surface area is 166 Å². The number of hydrogen-bond donors (Lipinski definition) is 0. The van der Waals surface area contributed by atoms with Crippen molar-refractivity contribution in [2.75, 3.05) is 45.3 Å². The van der Waals surface area contributed by atoms with Crippen molar-refractivity contribution in [1.82, 2.24) is 14.9 Å². The number of alkyl halides is 3. The Hall–Kier alpha value is -3.04. The molecule has 1 amide bonds. The lowest BCUT2D eigenvalue weighted by atomic mass is 10.1. The molecule has 0 radical (unpaired) electrons. The Balaban J connectivity index is 1.73. The number of hydrogen-bond acceptors (Lipinski definition) is 6. The van der Waals surface area contributed by atoms with Crippen molar-refractivity contribution in [3.63, 3.8) is 0 Å². The van der Waals surface area contributed by atoms with E-state index in [9.17, 15) is 18.0 Å². The van der Waals surface area contributed by atoms with Crippen molar-refractivity contribution >= 4 is 11.7 Å². The summed E-state index contributed by atoms with van der Waals surface area (Å²) in [7, 11) is 3.00. The third kappa shape index (κ3) is 4.69. The van der Waals surface area contributed by atoms with E-state index < -0.39 is 11.9 Å². The molecule has 7 nitrogen and oxygen atoms in total. The van der Waals surface area contributed by atoms with Crippen LogP contribution in [0, 0.1) is 6.92 Å².